The van der Waals surface area contributed by atoms with Crippen LogP contribution in [0.5, 0.6) is 5.88 Å². The van der Waals surface area contributed by atoms with Crippen molar-refractivity contribution in [3.8, 4) is 5.88 Å². The molecule has 0 atom stereocenters. The number of quaternary nitrogens is 1. The largest absolute Gasteiger partial charge is 0.493 e. The van der Waals surface area contributed by atoms with Gasteiger partial charge in [0.2, 0.25) is 5.88 Å². The first-order valence-corrected chi connectivity index (χ1v) is 6.83. The molecule has 0 aliphatic carbocycles. The second kappa shape index (κ2) is 6.66. The van der Waals surface area contributed by atoms with Gasteiger partial charge in [-0.1, -0.05) is 11.8 Å². The van der Waals surface area contributed by atoms with E-state index in [0.717, 1.165) is 25.4 Å². The minimum Gasteiger partial charge on any atom is -0.493 e. The zero-order chi connectivity index (χ0) is 12.8. The molecule has 1 heterocycles. The van der Waals surface area contributed by atoms with Crippen LogP contribution in [0.25, 0.3) is 0 Å². The van der Waals surface area contributed by atoms with E-state index >= 15 is 0 Å². The van der Waals surface area contributed by atoms with Gasteiger partial charge in [-0.15, -0.1) is 0 Å². The fraction of sp³-hybridized carbons (Fsp3) is 0.636. The van der Waals surface area contributed by atoms with Crippen LogP contribution < -0.4 is 10.5 Å². The first-order chi connectivity index (χ1) is 8.08. The monoisotopic (exact) mass is 258 g/mol. The smallest absolute Gasteiger partial charge is 0.258 e. The van der Waals surface area contributed by atoms with Gasteiger partial charge >= 0.3 is 0 Å². The molecule has 0 saturated carbocycles. The molecule has 5 nitrogen and oxygen atoms in total. The molecule has 0 fully saturated rings. The number of hydrogen-bond acceptors (Lipinski definition) is 4. The van der Waals surface area contributed by atoms with Gasteiger partial charge in [-0.05, 0) is 20.8 Å². The summed E-state index contributed by atoms with van der Waals surface area (Å²) in [7, 11) is 0. The van der Waals surface area contributed by atoms with Crippen LogP contribution in [0.3, 0.4) is 0 Å². The second-order valence-electron chi connectivity index (χ2n) is 3.88. The molecular formula is C11H20N3O2S+. The van der Waals surface area contributed by atoms with E-state index in [0.29, 0.717) is 5.16 Å². The first-order valence-electron chi connectivity index (χ1n) is 5.84. The number of rotatable bonds is 6. The average molecular weight is 258 g/mol. The lowest BCUT2D eigenvalue weighted by Gasteiger charge is -2.14. The van der Waals surface area contributed by atoms with Crippen molar-refractivity contribution < 1.29 is 10.0 Å². The van der Waals surface area contributed by atoms with Crippen LogP contribution in [0.2, 0.25) is 0 Å². The van der Waals surface area contributed by atoms with Crippen LogP contribution in [0.1, 0.15) is 19.4 Å². The summed E-state index contributed by atoms with van der Waals surface area (Å²) < 4.78 is 0. The van der Waals surface area contributed by atoms with E-state index in [4.69, 9.17) is 0 Å². The van der Waals surface area contributed by atoms with Gasteiger partial charge in [-0.2, -0.15) is 4.98 Å². The molecule has 1 aromatic rings. The molecule has 0 aliphatic heterocycles. The van der Waals surface area contributed by atoms with Crippen molar-refractivity contribution in [1.29, 1.82) is 0 Å². The van der Waals surface area contributed by atoms with Gasteiger partial charge in [0.15, 0.2) is 5.16 Å². The maximum atomic E-state index is 11.4. The van der Waals surface area contributed by atoms with E-state index in [1.165, 1.54) is 16.7 Å². The Kier molecular flexibility index (Phi) is 5.50. The third-order valence-electron chi connectivity index (χ3n) is 2.80. The number of aromatic hydroxyl groups is 1. The van der Waals surface area contributed by atoms with Crippen molar-refractivity contribution in [3.63, 3.8) is 0 Å². The molecule has 0 bridgehead atoms. The van der Waals surface area contributed by atoms with E-state index in [1.807, 2.05) is 0 Å². The number of thioether (sulfide) groups is 1. The summed E-state index contributed by atoms with van der Waals surface area (Å²) in [5, 5.41) is 9.92. The zero-order valence-corrected chi connectivity index (χ0v) is 11.4. The van der Waals surface area contributed by atoms with Crippen molar-refractivity contribution in [2.24, 2.45) is 0 Å². The van der Waals surface area contributed by atoms with Gasteiger partial charge < -0.3 is 15.0 Å². The molecule has 17 heavy (non-hydrogen) atoms. The van der Waals surface area contributed by atoms with Crippen LogP contribution >= 0.6 is 11.8 Å². The summed E-state index contributed by atoms with van der Waals surface area (Å²) >= 11 is 1.47. The van der Waals surface area contributed by atoms with Crippen LogP contribution in [0, 0.1) is 6.92 Å². The maximum absolute atomic E-state index is 11.4. The highest BCUT2D eigenvalue weighted by Crippen LogP contribution is 2.14. The number of hydrogen-bond donors (Lipinski definition) is 3. The molecule has 6 heteroatoms. The lowest BCUT2D eigenvalue weighted by Crippen LogP contribution is -3.11. The van der Waals surface area contributed by atoms with E-state index < -0.39 is 0 Å². The number of aromatic amines is 1. The summed E-state index contributed by atoms with van der Waals surface area (Å²) in [6, 6.07) is 0. The normalized spacial score (nSPS) is 11.1. The number of H-pyrrole nitrogens is 1. The highest BCUT2D eigenvalue weighted by Gasteiger charge is 2.08. The third kappa shape index (κ3) is 4.05. The number of nitrogens with one attached hydrogen (secondary N) is 2. The maximum Gasteiger partial charge on any atom is 0.258 e. The Morgan fingerprint density at radius 3 is 2.59 bits per heavy atom. The molecule has 96 valence electrons. The van der Waals surface area contributed by atoms with Gasteiger partial charge in [0.1, 0.15) is 0 Å². The van der Waals surface area contributed by atoms with E-state index in [1.54, 1.807) is 6.92 Å². The molecule has 0 aromatic carbocycles. The summed E-state index contributed by atoms with van der Waals surface area (Å²) in [4.78, 5) is 19.5. The Bertz CT molecular complexity index is 416. The molecule has 1 aromatic heterocycles. The molecular weight excluding hydrogens is 238 g/mol. The second-order valence-corrected chi connectivity index (χ2v) is 4.96. The SMILES string of the molecule is CC[NH+](CC)CCSc1nc(O)c(C)c(=O)[nH]1. The van der Waals surface area contributed by atoms with Crippen molar-refractivity contribution in [2.75, 3.05) is 25.4 Å². The Hall–Kier alpha value is -1.01. The number of aromatic nitrogens is 2. The Balaban J connectivity index is 2.56. The van der Waals surface area contributed by atoms with Gasteiger partial charge in [0.05, 0.1) is 31.0 Å². The van der Waals surface area contributed by atoms with Crippen LogP contribution in [-0.2, 0) is 0 Å². The van der Waals surface area contributed by atoms with Crippen molar-refractivity contribution in [1.82, 2.24) is 9.97 Å². The fourth-order valence-electron chi connectivity index (χ4n) is 1.46. The summed E-state index contributed by atoms with van der Waals surface area (Å²) in [5.74, 6) is 0.703. The first kappa shape index (κ1) is 14.1. The molecule has 0 saturated heterocycles. The van der Waals surface area contributed by atoms with Gasteiger partial charge in [-0.3, -0.25) is 4.79 Å². The van der Waals surface area contributed by atoms with Crippen LogP contribution in [0.15, 0.2) is 9.95 Å². The lowest BCUT2D eigenvalue weighted by atomic mass is 10.4. The topological polar surface area (TPSA) is 70.4 Å². The van der Waals surface area contributed by atoms with E-state index in [2.05, 4.69) is 23.8 Å². The minimum absolute atomic E-state index is 0.175. The predicted octanol–water partition coefficient (Wildman–Crippen LogP) is -0.199. The Labute approximate surface area is 105 Å². The summed E-state index contributed by atoms with van der Waals surface area (Å²) in [6.45, 7) is 9.08. The van der Waals surface area contributed by atoms with Gasteiger partial charge in [0.25, 0.3) is 5.56 Å². The highest BCUT2D eigenvalue weighted by atomic mass is 32.2. The fourth-order valence-corrected chi connectivity index (χ4v) is 2.36. The molecule has 1 rings (SSSR count). The van der Waals surface area contributed by atoms with Crippen molar-refractivity contribution >= 4 is 11.8 Å². The van der Waals surface area contributed by atoms with Gasteiger partial charge in [0, 0.05) is 0 Å². The number of nitrogens with zero attached hydrogens (tertiary/aromatic N) is 1. The van der Waals surface area contributed by atoms with E-state index in [-0.39, 0.29) is 17.0 Å². The van der Waals surface area contributed by atoms with Crippen molar-refractivity contribution in [3.05, 3.63) is 15.9 Å². The zero-order valence-electron chi connectivity index (χ0n) is 10.5. The average Bonchev–Trinajstić information content (AvgIpc) is 2.31. The summed E-state index contributed by atoms with van der Waals surface area (Å²) in [6.07, 6.45) is 0. The van der Waals surface area contributed by atoms with Gasteiger partial charge in [-0.25, -0.2) is 0 Å². The quantitative estimate of drug-likeness (QED) is 0.488. The molecule has 0 aliphatic rings. The highest BCUT2D eigenvalue weighted by molar-refractivity contribution is 7.99. The Morgan fingerprint density at radius 1 is 1.41 bits per heavy atom. The van der Waals surface area contributed by atoms with E-state index in [9.17, 15) is 9.90 Å². The third-order valence-corrected chi connectivity index (χ3v) is 3.67. The minimum atomic E-state index is -0.268. The predicted molar refractivity (Wildman–Crippen MR) is 68.9 cm³/mol. The Morgan fingerprint density at radius 2 is 2.06 bits per heavy atom. The van der Waals surface area contributed by atoms with Crippen molar-refractivity contribution in [2.45, 2.75) is 25.9 Å². The van der Waals surface area contributed by atoms with Crippen LogP contribution in [-0.4, -0.2) is 40.5 Å². The molecule has 0 unspecified atom stereocenters. The molecule has 0 spiro atoms. The molecule has 0 amide bonds. The molecule has 3 N–H and O–H groups in total. The molecule has 0 radical (unpaired) electrons. The standard InChI is InChI=1S/C11H19N3O2S/c1-4-14(5-2)6-7-17-11-12-9(15)8(3)10(16)13-11/h4-7H2,1-3H3,(H2,12,13,15,16)/p+1. The summed E-state index contributed by atoms with van der Waals surface area (Å²) in [5.41, 5.74) is -0.00101. The lowest BCUT2D eigenvalue weighted by molar-refractivity contribution is -0.893. The van der Waals surface area contributed by atoms with Crippen LogP contribution in [0.4, 0.5) is 0 Å².